The third-order valence-electron chi connectivity index (χ3n) is 2.86. The van der Waals surface area contributed by atoms with Gasteiger partial charge in [-0.2, -0.15) is 0 Å². The van der Waals surface area contributed by atoms with E-state index in [1.165, 1.54) is 0 Å². The Morgan fingerprint density at radius 1 is 1.22 bits per heavy atom. The van der Waals surface area contributed by atoms with Gasteiger partial charge in [-0.1, -0.05) is 30.3 Å². The van der Waals surface area contributed by atoms with Gasteiger partial charge in [-0.25, -0.2) is 4.52 Å². The number of hydrogen-bond acceptors (Lipinski definition) is 4. The molecule has 0 aliphatic carbocycles. The second kappa shape index (κ2) is 4.15. The topological polar surface area (TPSA) is 92.2 Å². The van der Waals surface area contributed by atoms with Crippen LogP contribution in [0.25, 0.3) is 16.9 Å². The van der Waals surface area contributed by atoms with Crippen LogP contribution in [0.15, 0.2) is 30.3 Å². The molecule has 0 atom stereocenters. The number of aromatic nitrogens is 4. The van der Waals surface area contributed by atoms with Crippen LogP contribution >= 0.6 is 0 Å². The molecule has 2 aromatic heterocycles. The first-order valence-electron chi connectivity index (χ1n) is 5.69. The molecular formula is C12H13N5O. The Morgan fingerprint density at radius 2 is 2.00 bits per heavy atom. The molecule has 0 fully saturated rings. The lowest BCUT2D eigenvalue weighted by molar-refractivity contribution is 0.295. The van der Waals surface area contributed by atoms with Crippen molar-refractivity contribution in [1.82, 2.24) is 19.8 Å². The number of nitrogens with one attached hydrogen (secondary N) is 1. The quantitative estimate of drug-likeness (QED) is 0.635. The monoisotopic (exact) mass is 243 g/mol. The Hall–Kier alpha value is -2.34. The van der Waals surface area contributed by atoms with Crippen LogP contribution in [0.1, 0.15) is 5.82 Å². The summed E-state index contributed by atoms with van der Waals surface area (Å²) in [6.07, 6.45) is 0.440. The largest absolute Gasteiger partial charge is 0.396 e. The summed E-state index contributed by atoms with van der Waals surface area (Å²) in [5, 5.41) is 20.1. The molecule has 3 aromatic rings. The molecule has 6 heteroatoms. The van der Waals surface area contributed by atoms with Gasteiger partial charge < -0.3 is 10.8 Å². The van der Waals surface area contributed by atoms with E-state index in [0.717, 1.165) is 11.3 Å². The number of nitrogens with zero attached hydrogens (tertiary/aromatic N) is 3. The van der Waals surface area contributed by atoms with Gasteiger partial charge in [0, 0.05) is 12.0 Å². The number of aliphatic hydroxyl groups is 1. The van der Waals surface area contributed by atoms with E-state index < -0.39 is 0 Å². The number of hydrogen-bond donors (Lipinski definition) is 3. The summed E-state index contributed by atoms with van der Waals surface area (Å²) in [5.41, 5.74) is 9.04. The minimum atomic E-state index is 0.0282. The first kappa shape index (κ1) is 10.8. The Kier molecular flexibility index (Phi) is 2.49. The van der Waals surface area contributed by atoms with Gasteiger partial charge in [0.1, 0.15) is 5.69 Å². The van der Waals surface area contributed by atoms with Gasteiger partial charge in [0.05, 0.1) is 12.3 Å². The van der Waals surface area contributed by atoms with Gasteiger partial charge in [0.25, 0.3) is 0 Å². The van der Waals surface area contributed by atoms with E-state index in [9.17, 15) is 0 Å². The molecule has 0 saturated carbocycles. The van der Waals surface area contributed by atoms with Crippen LogP contribution in [0.4, 0.5) is 5.69 Å². The van der Waals surface area contributed by atoms with E-state index in [1.54, 1.807) is 4.52 Å². The van der Waals surface area contributed by atoms with Crippen LogP contribution in [0.2, 0.25) is 0 Å². The Balaban J connectivity index is 2.17. The lowest BCUT2D eigenvalue weighted by atomic mass is 10.1. The average molecular weight is 243 g/mol. The summed E-state index contributed by atoms with van der Waals surface area (Å²) in [4.78, 5) is 0. The van der Waals surface area contributed by atoms with Crippen molar-refractivity contribution >= 4 is 11.3 Å². The number of anilines is 1. The highest BCUT2D eigenvalue weighted by molar-refractivity contribution is 5.82. The van der Waals surface area contributed by atoms with Crippen molar-refractivity contribution in [3.05, 3.63) is 36.2 Å². The van der Waals surface area contributed by atoms with E-state index >= 15 is 0 Å². The zero-order valence-corrected chi connectivity index (χ0v) is 9.67. The number of H-pyrrole nitrogens is 1. The Labute approximate surface area is 103 Å². The van der Waals surface area contributed by atoms with Crippen LogP contribution in [0.5, 0.6) is 0 Å². The predicted octanol–water partition coefficient (Wildman–Crippen LogP) is 0.841. The lowest BCUT2D eigenvalue weighted by Crippen LogP contribution is -1.99. The van der Waals surface area contributed by atoms with Gasteiger partial charge in [-0.3, -0.25) is 5.10 Å². The first-order valence-corrected chi connectivity index (χ1v) is 5.69. The van der Waals surface area contributed by atoms with Crippen molar-refractivity contribution in [3.8, 4) is 11.3 Å². The summed E-state index contributed by atoms with van der Waals surface area (Å²) >= 11 is 0. The molecule has 0 aliphatic heterocycles. The molecule has 0 bridgehead atoms. The number of aromatic amines is 1. The Morgan fingerprint density at radius 3 is 2.72 bits per heavy atom. The minimum Gasteiger partial charge on any atom is -0.396 e. The number of benzene rings is 1. The fourth-order valence-corrected chi connectivity index (χ4v) is 1.98. The summed E-state index contributed by atoms with van der Waals surface area (Å²) < 4.78 is 1.72. The number of aliphatic hydroxyl groups excluding tert-OH is 1. The highest BCUT2D eigenvalue weighted by Gasteiger charge is 2.15. The molecular weight excluding hydrogens is 230 g/mol. The van der Waals surface area contributed by atoms with Gasteiger partial charge in [-0.15, -0.1) is 10.2 Å². The van der Waals surface area contributed by atoms with Crippen LogP contribution in [-0.4, -0.2) is 31.5 Å². The highest BCUT2D eigenvalue weighted by atomic mass is 16.3. The predicted molar refractivity (Wildman–Crippen MR) is 68.0 cm³/mol. The van der Waals surface area contributed by atoms with Gasteiger partial charge >= 0.3 is 0 Å². The molecule has 0 spiro atoms. The third kappa shape index (κ3) is 1.54. The summed E-state index contributed by atoms with van der Waals surface area (Å²) in [6.45, 7) is 0.0282. The van der Waals surface area contributed by atoms with E-state index in [0.29, 0.717) is 23.6 Å². The lowest BCUT2D eigenvalue weighted by Gasteiger charge is -1.98. The average Bonchev–Trinajstić information content (AvgIpc) is 2.93. The maximum atomic E-state index is 8.96. The van der Waals surface area contributed by atoms with Gasteiger partial charge in [0.15, 0.2) is 5.82 Å². The van der Waals surface area contributed by atoms with Crippen LogP contribution in [0, 0.1) is 0 Å². The fraction of sp³-hybridized carbons (Fsp3) is 0.167. The van der Waals surface area contributed by atoms with Gasteiger partial charge in [-0.05, 0) is 0 Å². The van der Waals surface area contributed by atoms with Crippen molar-refractivity contribution in [2.24, 2.45) is 0 Å². The van der Waals surface area contributed by atoms with Crippen molar-refractivity contribution in [2.75, 3.05) is 12.3 Å². The molecule has 2 heterocycles. The maximum Gasteiger partial charge on any atom is 0.201 e. The third-order valence-corrected chi connectivity index (χ3v) is 2.86. The molecule has 0 unspecified atom stereocenters. The molecule has 0 aliphatic rings. The van der Waals surface area contributed by atoms with E-state index in [4.69, 9.17) is 10.8 Å². The number of fused-ring (bicyclic) bond motifs is 1. The molecule has 1 aromatic carbocycles. The molecule has 18 heavy (non-hydrogen) atoms. The summed E-state index contributed by atoms with van der Waals surface area (Å²) in [6, 6.07) is 9.80. The molecule has 6 nitrogen and oxygen atoms in total. The molecule has 0 saturated heterocycles. The Bertz CT molecular complexity index is 670. The number of nitrogen functional groups attached to an aromatic ring is 1. The van der Waals surface area contributed by atoms with E-state index in [2.05, 4.69) is 15.3 Å². The molecule has 0 amide bonds. The zero-order chi connectivity index (χ0) is 12.5. The fourth-order valence-electron chi connectivity index (χ4n) is 1.98. The second-order valence-electron chi connectivity index (χ2n) is 4.02. The molecule has 92 valence electrons. The van der Waals surface area contributed by atoms with Crippen molar-refractivity contribution in [2.45, 2.75) is 6.42 Å². The van der Waals surface area contributed by atoms with Crippen LogP contribution in [0.3, 0.4) is 0 Å². The molecule has 0 radical (unpaired) electrons. The van der Waals surface area contributed by atoms with E-state index in [-0.39, 0.29) is 6.61 Å². The zero-order valence-electron chi connectivity index (χ0n) is 9.67. The smallest absolute Gasteiger partial charge is 0.201 e. The summed E-state index contributed by atoms with van der Waals surface area (Å²) in [5.74, 6) is 0.668. The number of nitrogens with two attached hydrogens (primary N) is 1. The highest BCUT2D eigenvalue weighted by Crippen LogP contribution is 2.27. The molecule has 3 rings (SSSR count). The normalized spacial score (nSPS) is 11.2. The van der Waals surface area contributed by atoms with Crippen molar-refractivity contribution in [3.63, 3.8) is 0 Å². The van der Waals surface area contributed by atoms with Crippen LogP contribution in [-0.2, 0) is 6.42 Å². The van der Waals surface area contributed by atoms with E-state index in [1.807, 2.05) is 30.3 Å². The standard InChI is InChI=1S/C12H13N5O/c13-10-11(8-4-2-1-3-5-8)16-17-9(6-7-18)14-15-12(10)17/h1-5,16,18H,6-7,13H2. The van der Waals surface area contributed by atoms with Gasteiger partial charge in [0.2, 0.25) is 5.65 Å². The minimum absolute atomic E-state index is 0.0282. The SMILES string of the molecule is Nc1c(-c2ccccc2)[nH]n2c(CCO)nnc12. The summed E-state index contributed by atoms with van der Waals surface area (Å²) in [7, 11) is 0. The molecule has 4 N–H and O–H groups in total. The van der Waals surface area contributed by atoms with Crippen molar-refractivity contribution in [1.29, 1.82) is 0 Å². The van der Waals surface area contributed by atoms with Crippen molar-refractivity contribution < 1.29 is 5.11 Å². The number of rotatable bonds is 3. The first-order chi connectivity index (χ1) is 8.81. The van der Waals surface area contributed by atoms with Crippen LogP contribution < -0.4 is 5.73 Å². The maximum absolute atomic E-state index is 8.96. The second-order valence-corrected chi connectivity index (χ2v) is 4.02.